The molecule has 0 heterocycles. The zero-order valence-electron chi connectivity index (χ0n) is 11.1. The van der Waals surface area contributed by atoms with E-state index in [1.165, 1.54) is 24.3 Å². The van der Waals surface area contributed by atoms with Crippen molar-refractivity contribution >= 4 is 15.8 Å². The maximum absolute atomic E-state index is 12.5. The van der Waals surface area contributed by atoms with E-state index in [0.717, 1.165) is 5.56 Å². The van der Waals surface area contributed by atoms with Gasteiger partial charge >= 0.3 is 5.97 Å². The van der Waals surface area contributed by atoms with Crippen molar-refractivity contribution in [2.75, 3.05) is 0 Å². The minimum Gasteiger partial charge on any atom is -0.478 e. The first kappa shape index (κ1) is 14.3. The van der Waals surface area contributed by atoms with Crippen LogP contribution in [0.5, 0.6) is 0 Å². The minimum absolute atomic E-state index is 0.0921. The van der Waals surface area contributed by atoms with E-state index in [-0.39, 0.29) is 15.4 Å². The third-order valence-electron chi connectivity index (χ3n) is 2.99. The maximum Gasteiger partial charge on any atom is 0.337 e. The molecule has 5 heteroatoms. The number of carboxylic acid groups (broad SMARTS) is 1. The molecule has 0 aliphatic heterocycles. The predicted octanol–water partition coefficient (Wildman–Crippen LogP) is 2.83. The van der Waals surface area contributed by atoms with Gasteiger partial charge in [-0.3, -0.25) is 0 Å². The van der Waals surface area contributed by atoms with Crippen molar-refractivity contribution in [3.05, 3.63) is 59.2 Å². The monoisotopic (exact) mass is 290 g/mol. The van der Waals surface area contributed by atoms with Gasteiger partial charge in [0, 0.05) is 0 Å². The van der Waals surface area contributed by atoms with E-state index in [1.54, 1.807) is 25.1 Å². The van der Waals surface area contributed by atoms with E-state index < -0.39 is 15.8 Å². The highest BCUT2D eigenvalue weighted by atomic mass is 32.2. The molecular formula is C15H14O4S. The van der Waals surface area contributed by atoms with Gasteiger partial charge in [0.05, 0.1) is 15.4 Å². The van der Waals surface area contributed by atoms with Crippen molar-refractivity contribution in [3.8, 4) is 0 Å². The van der Waals surface area contributed by atoms with Crippen LogP contribution in [0.25, 0.3) is 0 Å². The van der Waals surface area contributed by atoms with Crippen LogP contribution >= 0.6 is 0 Å². The van der Waals surface area contributed by atoms with Gasteiger partial charge in [-0.05, 0) is 38.1 Å². The lowest BCUT2D eigenvalue weighted by Crippen LogP contribution is -2.10. The normalized spacial score (nSPS) is 11.3. The third-order valence-corrected chi connectivity index (χ3v) is 4.81. The standard InChI is InChI=1S/C15H14O4S/c1-10-3-6-12(7-4-10)20(18,19)14-8-5-11(2)9-13(14)15(16)17/h3-9H,1-2H3,(H,16,17). The van der Waals surface area contributed by atoms with Gasteiger partial charge in [-0.2, -0.15) is 0 Å². The van der Waals surface area contributed by atoms with Crippen molar-refractivity contribution < 1.29 is 18.3 Å². The zero-order valence-corrected chi connectivity index (χ0v) is 11.9. The highest BCUT2D eigenvalue weighted by Crippen LogP contribution is 2.25. The molecular weight excluding hydrogens is 276 g/mol. The van der Waals surface area contributed by atoms with E-state index >= 15 is 0 Å². The van der Waals surface area contributed by atoms with E-state index in [9.17, 15) is 18.3 Å². The lowest BCUT2D eigenvalue weighted by molar-refractivity contribution is 0.0692. The van der Waals surface area contributed by atoms with E-state index in [1.807, 2.05) is 6.92 Å². The van der Waals surface area contributed by atoms with Crippen molar-refractivity contribution in [1.29, 1.82) is 0 Å². The summed E-state index contributed by atoms with van der Waals surface area (Å²) in [6, 6.07) is 10.6. The quantitative estimate of drug-likeness (QED) is 0.943. The average molecular weight is 290 g/mol. The molecule has 0 radical (unpaired) electrons. The molecule has 20 heavy (non-hydrogen) atoms. The summed E-state index contributed by atoms with van der Waals surface area (Å²) in [5.41, 5.74) is 1.43. The minimum atomic E-state index is -3.83. The van der Waals surface area contributed by atoms with Gasteiger partial charge in [-0.25, -0.2) is 13.2 Å². The molecule has 2 aromatic carbocycles. The fourth-order valence-corrected chi connectivity index (χ4v) is 3.32. The van der Waals surface area contributed by atoms with Crippen LogP contribution in [-0.2, 0) is 9.84 Å². The summed E-state index contributed by atoms with van der Waals surface area (Å²) in [6.45, 7) is 3.57. The fraction of sp³-hybridized carbons (Fsp3) is 0.133. The summed E-state index contributed by atoms with van der Waals surface area (Å²) in [5, 5.41) is 9.18. The fourth-order valence-electron chi connectivity index (χ4n) is 1.89. The molecule has 0 aliphatic rings. The number of aryl methyl sites for hydroxylation is 2. The zero-order chi connectivity index (χ0) is 14.9. The molecule has 0 amide bonds. The van der Waals surface area contributed by atoms with Gasteiger partial charge in [0.2, 0.25) is 9.84 Å². The lowest BCUT2D eigenvalue weighted by atomic mass is 10.1. The molecule has 0 spiro atoms. The van der Waals surface area contributed by atoms with Gasteiger partial charge in [0.15, 0.2) is 0 Å². The number of carbonyl (C=O) groups is 1. The van der Waals surface area contributed by atoms with Gasteiger partial charge < -0.3 is 5.11 Å². The molecule has 0 aromatic heterocycles. The first-order valence-corrected chi connectivity index (χ1v) is 7.46. The molecule has 2 aromatic rings. The second-order valence-electron chi connectivity index (χ2n) is 4.62. The van der Waals surface area contributed by atoms with Crippen LogP contribution < -0.4 is 0 Å². The highest BCUT2D eigenvalue weighted by molar-refractivity contribution is 7.91. The maximum atomic E-state index is 12.5. The summed E-state index contributed by atoms with van der Waals surface area (Å²) in [5.74, 6) is -1.25. The van der Waals surface area contributed by atoms with Gasteiger partial charge in [-0.15, -0.1) is 0 Å². The third kappa shape index (κ3) is 2.58. The van der Waals surface area contributed by atoms with Crippen LogP contribution in [0.1, 0.15) is 21.5 Å². The molecule has 4 nitrogen and oxygen atoms in total. The Morgan fingerprint density at radius 1 is 0.950 bits per heavy atom. The van der Waals surface area contributed by atoms with E-state index in [4.69, 9.17) is 0 Å². The topological polar surface area (TPSA) is 71.4 Å². The Kier molecular flexibility index (Phi) is 3.63. The molecule has 0 bridgehead atoms. The number of aromatic carboxylic acids is 1. The highest BCUT2D eigenvalue weighted by Gasteiger charge is 2.24. The van der Waals surface area contributed by atoms with Crippen LogP contribution in [0.15, 0.2) is 52.3 Å². The molecule has 0 unspecified atom stereocenters. The molecule has 104 valence electrons. The molecule has 0 aliphatic carbocycles. The number of hydrogen-bond acceptors (Lipinski definition) is 3. The van der Waals surface area contributed by atoms with Crippen LogP contribution in [-0.4, -0.2) is 19.5 Å². The van der Waals surface area contributed by atoms with Crippen molar-refractivity contribution in [1.82, 2.24) is 0 Å². The number of carboxylic acids is 1. The largest absolute Gasteiger partial charge is 0.478 e. The lowest BCUT2D eigenvalue weighted by Gasteiger charge is -2.09. The Morgan fingerprint density at radius 3 is 2.05 bits per heavy atom. The average Bonchev–Trinajstić information content (AvgIpc) is 2.38. The van der Waals surface area contributed by atoms with Crippen molar-refractivity contribution in [2.45, 2.75) is 23.6 Å². The van der Waals surface area contributed by atoms with Crippen molar-refractivity contribution in [3.63, 3.8) is 0 Å². The van der Waals surface area contributed by atoms with Crippen LogP contribution in [0, 0.1) is 13.8 Å². The molecule has 0 fully saturated rings. The van der Waals surface area contributed by atoms with Gasteiger partial charge in [0.1, 0.15) is 0 Å². The first-order valence-electron chi connectivity index (χ1n) is 5.98. The van der Waals surface area contributed by atoms with Crippen LogP contribution in [0.2, 0.25) is 0 Å². The Hall–Kier alpha value is -2.14. The van der Waals surface area contributed by atoms with E-state index in [2.05, 4.69) is 0 Å². The first-order chi connectivity index (χ1) is 9.32. The summed E-state index contributed by atoms with van der Waals surface area (Å²) in [6.07, 6.45) is 0. The Morgan fingerprint density at radius 2 is 1.50 bits per heavy atom. The summed E-state index contributed by atoms with van der Waals surface area (Å²) in [4.78, 5) is 11.2. The molecule has 0 saturated carbocycles. The van der Waals surface area contributed by atoms with Crippen LogP contribution in [0.3, 0.4) is 0 Å². The molecule has 0 atom stereocenters. The second-order valence-corrected chi connectivity index (χ2v) is 6.54. The number of benzene rings is 2. The Labute approximate surface area is 117 Å². The number of rotatable bonds is 3. The summed E-state index contributed by atoms with van der Waals surface area (Å²) < 4.78 is 25.0. The number of sulfone groups is 1. The van der Waals surface area contributed by atoms with E-state index in [0.29, 0.717) is 5.56 Å². The van der Waals surface area contributed by atoms with Crippen LogP contribution in [0.4, 0.5) is 0 Å². The Bertz CT molecular complexity index is 759. The van der Waals surface area contributed by atoms with Crippen molar-refractivity contribution in [2.24, 2.45) is 0 Å². The molecule has 1 N–H and O–H groups in total. The second kappa shape index (κ2) is 5.09. The Balaban J connectivity index is 2.66. The SMILES string of the molecule is Cc1ccc(S(=O)(=O)c2ccc(C)cc2C(=O)O)cc1. The summed E-state index contributed by atoms with van der Waals surface area (Å²) >= 11 is 0. The molecule has 2 rings (SSSR count). The number of hydrogen-bond donors (Lipinski definition) is 1. The molecule has 0 saturated heterocycles. The summed E-state index contributed by atoms with van der Waals surface area (Å²) in [7, 11) is -3.83. The predicted molar refractivity (Wildman–Crippen MR) is 74.8 cm³/mol. The van der Waals surface area contributed by atoms with Gasteiger partial charge in [-0.1, -0.05) is 29.3 Å². The van der Waals surface area contributed by atoms with Gasteiger partial charge in [0.25, 0.3) is 0 Å². The smallest absolute Gasteiger partial charge is 0.337 e.